The van der Waals surface area contributed by atoms with E-state index in [1.165, 1.54) is 0 Å². The van der Waals surface area contributed by atoms with Gasteiger partial charge in [0.15, 0.2) is 0 Å². The number of unbranched alkanes of at least 4 members (excludes halogenated alkanes) is 2. The maximum atomic E-state index is 10.6. The maximum absolute atomic E-state index is 10.6. The van der Waals surface area contributed by atoms with Crippen LogP contribution >= 0.6 is 0 Å². The molecule has 0 unspecified atom stereocenters. The molecular weight excluding hydrogens is 294 g/mol. The molecule has 0 atom stereocenters. The van der Waals surface area contributed by atoms with Crippen molar-refractivity contribution in [3.05, 3.63) is 29.3 Å². The summed E-state index contributed by atoms with van der Waals surface area (Å²) in [5.74, 6) is 0. The van der Waals surface area contributed by atoms with E-state index in [2.05, 4.69) is 12.3 Å². The minimum absolute atomic E-state index is 0.265. The molecule has 1 aromatic rings. The molecule has 6 nitrogen and oxygen atoms in total. The van der Waals surface area contributed by atoms with E-state index in [1.54, 1.807) is 6.07 Å². The van der Waals surface area contributed by atoms with Gasteiger partial charge in [0, 0.05) is 12.1 Å². The summed E-state index contributed by atoms with van der Waals surface area (Å²) in [6.07, 6.45) is 4.85. The highest BCUT2D eigenvalue weighted by atomic mass is 16.2. The zero-order valence-corrected chi connectivity index (χ0v) is 14.5. The van der Waals surface area contributed by atoms with Crippen LogP contribution in [-0.4, -0.2) is 24.1 Å². The van der Waals surface area contributed by atoms with E-state index in [-0.39, 0.29) is 6.54 Å². The van der Waals surface area contributed by atoms with E-state index in [0.29, 0.717) is 18.5 Å². The molecule has 6 heteroatoms. The molecule has 0 aliphatic rings. The lowest BCUT2D eigenvalue weighted by Crippen LogP contribution is -2.35. The lowest BCUT2D eigenvalue weighted by atomic mass is 10.1. The number of aldehydes is 1. The van der Waals surface area contributed by atoms with Gasteiger partial charge in [0.05, 0.1) is 6.54 Å². The molecule has 0 aliphatic carbocycles. The molecule has 0 saturated carbocycles. The van der Waals surface area contributed by atoms with E-state index in [4.69, 9.17) is 5.73 Å². The standard InChI is InChI=1S/C10H13N3O2.C5H10O.C2H6/c1-8-3-2-4-10(11)9(8)5-13(7-15)12-6-14;1-2-3-4-5-6;1-2/h2-4,6-7H,5,11H2,1H3,(H,12,14);5H,2-4H2,1H3;1-2H3. The number of aryl methyl sites for hydroxylation is 1. The lowest BCUT2D eigenvalue weighted by Gasteiger charge is -2.17. The first kappa shape index (κ1) is 22.9. The smallest absolute Gasteiger partial charge is 0.228 e. The summed E-state index contributed by atoms with van der Waals surface area (Å²) in [6.45, 7) is 8.24. The summed E-state index contributed by atoms with van der Waals surface area (Å²) in [4.78, 5) is 30.3. The summed E-state index contributed by atoms with van der Waals surface area (Å²) in [5, 5.41) is 1.13. The van der Waals surface area contributed by atoms with Crippen molar-refractivity contribution in [2.75, 3.05) is 5.73 Å². The number of hydrogen-bond donors (Lipinski definition) is 2. The average molecular weight is 323 g/mol. The number of anilines is 1. The van der Waals surface area contributed by atoms with E-state index >= 15 is 0 Å². The number of nitrogens with two attached hydrogens (primary N) is 1. The van der Waals surface area contributed by atoms with Crippen molar-refractivity contribution in [3.8, 4) is 0 Å². The Labute approximate surface area is 139 Å². The van der Waals surface area contributed by atoms with Gasteiger partial charge in [0.25, 0.3) is 0 Å². The van der Waals surface area contributed by atoms with Gasteiger partial charge in [-0.15, -0.1) is 0 Å². The molecule has 3 N–H and O–H groups in total. The fourth-order valence-electron chi connectivity index (χ4n) is 1.58. The topological polar surface area (TPSA) is 92.5 Å². The molecule has 0 spiro atoms. The predicted molar refractivity (Wildman–Crippen MR) is 93.3 cm³/mol. The molecule has 1 rings (SSSR count). The largest absolute Gasteiger partial charge is 0.398 e. The number of amides is 2. The quantitative estimate of drug-likeness (QED) is 0.333. The van der Waals surface area contributed by atoms with Crippen molar-refractivity contribution in [1.82, 2.24) is 10.4 Å². The molecule has 1 aromatic carbocycles. The van der Waals surface area contributed by atoms with Crippen molar-refractivity contribution >= 4 is 24.8 Å². The molecule has 0 fully saturated rings. The molecular formula is C17H29N3O3. The zero-order chi connectivity index (χ0) is 18.1. The van der Waals surface area contributed by atoms with Gasteiger partial charge >= 0.3 is 0 Å². The van der Waals surface area contributed by atoms with Crippen LogP contribution < -0.4 is 11.2 Å². The highest BCUT2D eigenvalue weighted by molar-refractivity contribution is 5.56. The van der Waals surface area contributed by atoms with Crippen molar-refractivity contribution in [2.45, 2.75) is 53.5 Å². The van der Waals surface area contributed by atoms with Crippen LogP contribution in [0.15, 0.2) is 18.2 Å². The van der Waals surface area contributed by atoms with Crippen LogP contribution in [-0.2, 0) is 20.9 Å². The Morgan fingerprint density at radius 3 is 2.26 bits per heavy atom. The van der Waals surface area contributed by atoms with Crippen molar-refractivity contribution in [1.29, 1.82) is 0 Å². The third kappa shape index (κ3) is 10.9. The Bertz CT molecular complexity index is 430. The zero-order valence-electron chi connectivity index (χ0n) is 14.5. The van der Waals surface area contributed by atoms with Crippen LogP contribution in [0.1, 0.15) is 51.2 Å². The second-order valence-electron chi connectivity index (χ2n) is 4.43. The van der Waals surface area contributed by atoms with Crippen LogP contribution in [0.3, 0.4) is 0 Å². The van der Waals surface area contributed by atoms with E-state index in [9.17, 15) is 14.4 Å². The van der Waals surface area contributed by atoms with E-state index < -0.39 is 0 Å². The van der Waals surface area contributed by atoms with Gasteiger partial charge in [0.1, 0.15) is 6.29 Å². The Morgan fingerprint density at radius 1 is 1.22 bits per heavy atom. The van der Waals surface area contributed by atoms with Crippen LogP contribution in [0.4, 0.5) is 5.69 Å². The van der Waals surface area contributed by atoms with Crippen LogP contribution in [0.25, 0.3) is 0 Å². The van der Waals surface area contributed by atoms with Gasteiger partial charge in [-0.1, -0.05) is 39.3 Å². The van der Waals surface area contributed by atoms with Gasteiger partial charge in [-0.2, -0.15) is 0 Å². The number of nitrogens with one attached hydrogen (secondary N) is 1. The Balaban J connectivity index is 0. The molecule has 0 saturated heterocycles. The number of benzene rings is 1. The number of carbonyl (C=O) groups excluding carboxylic acids is 3. The fraction of sp³-hybridized carbons (Fsp3) is 0.471. The number of nitrogens with zero attached hydrogens (tertiary/aromatic N) is 1. The van der Waals surface area contributed by atoms with Crippen LogP contribution in [0, 0.1) is 6.92 Å². The first-order valence-electron chi connectivity index (χ1n) is 7.80. The van der Waals surface area contributed by atoms with Crippen LogP contribution in [0.2, 0.25) is 0 Å². The highest BCUT2D eigenvalue weighted by Gasteiger charge is 2.07. The minimum Gasteiger partial charge on any atom is -0.398 e. The maximum Gasteiger partial charge on any atom is 0.228 e. The average Bonchev–Trinajstić information content (AvgIpc) is 2.58. The van der Waals surface area contributed by atoms with Gasteiger partial charge in [-0.05, 0) is 30.5 Å². The van der Waals surface area contributed by atoms with Crippen LogP contribution in [0.5, 0.6) is 0 Å². The van der Waals surface area contributed by atoms with Gasteiger partial charge < -0.3 is 10.5 Å². The molecule has 0 radical (unpaired) electrons. The molecule has 0 aromatic heterocycles. The molecule has 0 bridgehead atoms. The van der Waals surface area contributed by atoms with Crippen molar-refractivity contribution < 1.29 is 14.4 Å². The Kier molecular flexibility index (Phi) is 15.9. The SMILES string of the molecule is CC.CCCCC=O.Cc1cccc(N)c1CN(C=O)NC=O. The second kappa shape index (κ2) is 16.0. The normalized spacial score (nSPS) is 8.52. The molecule has 2 amide bonds. The second-order valence-corrected chi connectivity index (χ2v) is 4.43. The van der Waals surface area contributed by atoms with Gasteiger partial charge in [0.2, 0.25) is 12.8 Å². The van der Waals surface area contributed by atoms with E-state index in [0.717, 1.165) is 41.7 Å². The molecule has 130 valence electrons. The van der Waals surface area contributed by atoms with E-state index in [1.807, 2.05) is 32.9 Å². The van der Waals surface area contributed by atoms with Gasteiger partial charge in [-0.25, -0.2) is 0 Å². The predicted octanol–water partition coefficient (Wildman–Crippen LogP) is 2.60. The summed E-state index contributed by atoms with van der Waals surface area (Å²) in [5.41, 5.74) is 10.4. The molecule has 23 heavy (non-hydrogen) atoms. The number of rotatable bonds is 8. The summed E-state index contributed by atoms with van der Waals surface area (Å²) in [6, 6.07) is 5.49. The Hall–Kier alpha value is -2.37. The summed E-state index contributed by atoms with van der Waals surface area (Å²) < 4.78 is 0. The molecule has 0 aliphatic heterocycles. The third-order valence-corrected chi connectivity index (χ3v) is 2.80. The third-order valence-electron chi connectivity index (χ3n) is 2.80. The monoisotopic (exact) mass is 323 g/mol. The highest BCUT2D eigenvalue weighted by Crippen LogP contribution is 2.17. The first-order valence-corrected chi connectivity index (χ1v) is 7.80. The number of nitrogen functional groups attached to an aromatic ring is 1. The number of carbonyl (C=O) groups is 3. The summed E-state index contributed by atoms with van der Waals surface area (Å²) in [7, 11) is 0. The minimum atomic E-state index is 0.265. The number of hydrazine groups is 1. The lowest BCUT2D eigenvalue weighted by molar-refractivity contribution is -0.127. The van der Waals surface area contributed by atoms with Crippen molar-refractivity contribution in [3.63, 3.8) is 0 Å². The Morgan fingerprint density at radius 2 is 1.87 bits per heavy atom. The fourth-order valence-corrected chi connectivity index (χ4v) is 1.58. The molecule has 0 heterocycles. The number of hydrogen-bond acceptors (Lipinski definition) is 4. The van der Waals surface area contributed by atoms with Crippen molar-refractivity contribution in [2.24, 2.45) is 0 Å². The first-order chi connectivity index (χ1) is 11.1. The van der Waals surface area contributed by atoms with Gasteiger partial charge in [-0.3, -0.25) is 20.0 Å². The summed E-state index contributed by atoms with van der Waals surface area (Å²) >= 11 is 0.